The van der Waals surface area contributed by atoms with Crippen LogP contribution in [-0.4, -0.2) is 23.0 Å². The van der Waals surface area contributed by atoms with Gasteiger partial charge in [-0.2, -0.15) is 0 Å². The quantitative estimate of drug-likeness (QED) is 0.773. The number of rotatable bonds is 7. The first-order chi connectivity index (χ1) is 10.1. The number of hydrogen-bond acceptors (Lipinski definition) is 3. The minimum Gasteiger partial charge on any atom is -0.368 e. The number of aromatic nitrogens is 1. The van der Waals surface area contributed by atoms with Crippen LogP contribution in [0.1, 0.15) is 39.3 Å². The SMILES string of the molecule is CCOC(CC)(CC)C(=O)Cc1ccc2ccccc2n1. The topological polar surface area (TPSA) is 39.2 Å². The van der Waals surface area contributed by atoms with Crippen LogP contribution in [-0.2, 0) is 16.0 Å². The van der Waals surface area contributed by atoms with Gasteiger partial charge in [-0.25, -0.2) is 0 Å². The summed E-state index contributed by atoms with van der Waals surface area (Å²) in [6, 6.07) is 11.9. The zero-order valence-corrected chi connectivity index (χ0v) is 13.1. The van der Waals surface area contributed by atoms with Gasteiger partial charge in [0, 0.05) is 17.7 Å². The summed E-state index contributed by atoms with van der Waals surface area (Å²) in [5.41, 5.74) is 1.07. The molecule has 0 amide bonds. The Morgan fingerprint density at radius 2 is 1.81 bits per heavy atom. The lowest BCUT2D eigenvalue weighted by Crippen LogP contribution is -2.41. The summed E-state index contributed by atoms with van der Waals surface area (Å²) < 4.78 is 5.77. The van der Waals surface area contributed by atoms with Crippen molar-refractivity contribution in [1.82, 2.24) is 4.98 Å². The van der Waals surface area contributed by atoms with Crippen molar-refractivity contribution in [3.05, 3.63) is 42.1 Å². The van der Waals surface area contributed by atoms with E-state index in [1.165, 1.54) is 0 Å². The predicted molar refractivity (Wildman–Crippen MR) is 85.4 cm³/mol. The van der Waals surface area contributed by atoms with E-state index in [9.17, 15) is 4.79 Å². The lowest BCUT2D eigenvalue weighted by Gasteiger charge is -2.29. The highest BCUT2D eigenvalue weighted by Gasteiger charge is 2.35. The van der Waals surface area contributed by atoms with Crippen LogP contribution < -0.4 is 0 Å². The average Bonchev–Trinajstić information content (AvgIpc) is 2.52. The van der Waals surface area contributed by atoms with E-state index in [2.05, 4.69) is 4.98 Å². The molecule has 0 unspecified atom stereocenters. The van der Waals surface area contributed by atoms with Crippen LogP contribution in [0.3, 0.4) is 0 Å². The molecule has 1 aromatic heterocycles. The van der Waals surface area contributed by atoms with Crippen LogP contribution in [0, 0.1) is 0 Å². The van der Waals surface area contributed by atoms with E-state index in [4.69, 9.17) is 4.74 Å². The molecule has 112 valence electrons. The molecule has 1 heterocycles. The average molecular weight is 285 g/mol. The van der Waals surface area contributed by atoms with Gasteiger partial charge in [0.1, 0.15) is 5.60 Å². The molecule has 21 heavy (non-hydrogen) atoms. The Hall–Kier alpha value is -1.74. The summed E-state index contributed by atoms with van der Waals surface area (Å²) in [6.07, 6.45) is 1.72. The maximum atomic E-state index is 12.7. The van der Waals surface area contributed by atoms with Crippen molar-refractivity contribution >= 4 is 16.7 Å². The Kier molecular flexibility index (Phi) is 5.07. The summed E-state index contributed by atoms with van der Waals surface area (Å²) in [4.78, 5) is 17.2. The van der Waals surface area contributed by atoms with E-state index in [1.807, 2.05) is 57.2 Å². The third-order valence-electron chi connectivity index (χ3n) is 4.07. The minimum absolute atomic E-state index is 0.122. The molecule has 0 aliphatic heterocycles. The van der Waals surface area contributed by atoms with Crippen LogP contribution >= 0.6 is 0 Å². The number of nitrogens with zero attached hydrogens (tertiary/aromatic N) is 1. The minimum atomic E-state index is -0.665. The van der Waals surface area contributed by atoms with Crippen LogP contribution in [0.4, 0.5) is 0 Å². The van der Waals surface area contributed by atoms with Crippen molar-refractivity contribution < 1.29 is 9.53 Å². The van der Waals surface area contributed by atoms with Gasteiger partial charge in [-0.05, 0) is 31.9 Å². The Morgan fingerprint density at radius 1 is 1.10 bits per heavy atom. The Labute approximate surface area is 126 Å². The zero-order chi connectivity index (χ0) is 15.3. The Morgan fingerprint density at radius 3 is 2.48 bits per heavy atom. The van der Waals surface area contributed by atoms with Crippen LogP contribution in [0.5, 0.6) is 0 Å². The van der Waals surface area contributed by atoms with Crippen molar-refractivity contribution in [3.63, 3.8) is 0 Å². The van der Waals surface area contributed by atoms with Gasteiger partial charge in [0.25, 0.3) is 0 Å². The molecule has 0 aliphatic carbocycles. The van der Waals surface area contributed by atoms with Crippen molar-refractivity contribution in [1.29, 1.82) is 0 Å². The fourth-order valence-electron chi connectivity index (χ4n) is 2.74. The second-order valence-corrected chi connectivity index (χ2v) is 5.23. The van der Waals surface area contributed by atoms with Gasteiger partial charge in [0.2, 0.25) is 0 Å². The second kappa shape index (κ2) is 6.81. The second-order valence-electron chi connectivity index (χ2n) is 5.23. The highest BCUT2D eigenvalue weighted by Crippen LogP contribution is 2.24. The largest absolute Gasteiger partial charge is 0.368 e. The first kappa shape index (κ1) is 15.6. The number of ether oxygens (including phenoxy) is 1. The van der Waals surface area contributed by atoms with Crippen molar-refractivity contribution in [2.24, 2.45) is 0 Å². The summed E-state index contributed by atoms with van der Waals surface area (Å²) in [5.74, 6) is 0.122. The first-order valence-electron chi connectivity index (χ1n) is 7.67. The monoisotopic (exact) mass is 285 g/mol. The van der Waals surface area contributed by atoms with Gasteiger partial charge in [-0.1, -0.05) is 38.1 Å². The van der Waals surface area contributed by atoms with Gasteiger partial charge in [0.15, 0.2) is 5.78 Å². The van der Waals surface area contributed by atoms with E-state index in [0.717, 1.165) is 16.6 Å². The number of benzene rings is 1. The fraction of sp³-hybridized carbons (Fsp3) is 0.444. The number of fused-ring (bicyclic) bond motifs is 1. The number of ketones is 1. The lowest BCUT2D eigenvalue weighted by molar-refractivity contribution is -0.144. The molecule has 0 atom stereocenters. The van der Waals surface area contributed by atoms with E-state index in [1.54, 1.807) is 0 Å². The molecule has 0 saturated heterocycles. The molecule has 3 nitrogen and oxygen atoms in total. The lowest BCUT2D eigenvalue weighted by atomic mass is 9.89. The molecule has 3 heteroatoms. The fourth-order valence-corrected chi connectivity index (χ4v) is 2.74. The summed E-state index contributed by atoms with van der Waals surface area (Å²) >= 11 is 0. The molecule has 0 aliphatic rings. The third kappa shape index (κ3) is 3.30. The molecular formula is C18H23NO2. The molecule has 2 rings (SSSR count). The number of carbonyl (C=O) groups is 1. The van der Waals surface area contributed by atoms with E-state index in [-0.39, 0.29) is 5.78 Å². The third-order valence-corrected chi connectivity index (χ3v) is 4.07. The van der Waals surface area contributed by atoms with Crippen LogP contribution in [0.15, 0.2) is 36.4 Å². The van der Waals surface area contributed by atoms with E-state index >= 15 is 0 Å². The molecule has 0 spiro atoms. The number of Topliss-reactive ketones (excluding diaryl/α,β-unsaturated/α-hetero) is 1. The van der Waals surface area contributed by atoms with Crippen molar-refractivity contribution in [2.75, 3.05) is 6.61 Å². The maximum Gasteiger partial charge on any atom is 0.170 e. The smallest absolute Gasteiger partial charge is 0.170 e. The number of pyridine rings is 1. The van der Waals surface area contributed by atoms with Gasteiger partial charge in [0.05, 0.1) is 11.9 Å². The standard InChI is InChI=1S/C18H23NO2/c1-4-18(5-2,21-6-3)17(20)13-15-12-11-14-9-7-8-10-16(14)19-15/h7-12H,4-6,13H2,1-3H3. The molecule has 1 aromatic carbocycles. The molecule has 0 fully saturated rings. The molecular weight excluding hydrogens is 262 g/mol. The summed E-state index contributed by atoms with van der Waals surface area (Å²) in [6.45, 7) is 6.50. The summed E-state index contributed by atoms with van der Waals surface area (Å²) in [7, 11) is 0. The van der Waals surface area contributed by atoms with Crippen molar-refractivity contribution in [3.8, 4) is 0 Å². The number of para-hydroxylation sites is 1. The highest BCUT2D eigenvalue weighted by molar-refractivity contribution is 5.89. The van der Waals surface area contributed by atoms with Crippen LogP contribution in [0.2, 0.25) is 0 Å². The van der Waals surface area contributed by atoms with E-state index < -0.39 is 5.60 Å². The van der Waals surface area contributed by atoms with Gasteiger partial charge in [-0.15, -0.1) is 0 Å². The number of carbonyl (C=O) groups excluding carboxylic acids is 1. The van der Waals surface area contributed by atoms with Gasteiger partial charge in [-0.3, -0.25) is 9.78 Å². The van der Waals surface area contributed by atoms with E-state index in [0.29, 0.717) is 25.9 Å². The first-order valence-corrected chi connectivity index (χ1v) is 7.67. The normalized spacial score (nSPS) is 11.8. The van der Waals surface area contributed by atoms with Gasteiger partial charge >= 0.3 is 0 Å². The summed E-state index contributed by atoms with van der Waals surface area (Å²) in [5, 5.41) is 1.09. The molecule has 0 saturated carbocycles. The molecule has 0 bridgehead atoms. The molecule has 0 N–H and O–H groups in total. The maximum absolute atomic E-state index is 12.7. The zero-order valence-electron chi connectivity index (χ0n) is 13.1. The molecule has 0 radical (unpaired) electrons. The number of hydrogen-bond donors (Lipinski definition) is 0. The molecule has 2 aromatic rings. The predicted octanol–water partition coefficient (Wildman–Crippen LogP) is 3.94. The highest BCUT2D eigenvalue weighted by atomic mass is 16.5. The Bertz CT molecular complexity index is 617. The Balaban J connectivity index is 2.23. The van der Waals surface area contributed by atoms with Crippen LogP contribution in [0.25, 0.3) is 10.9 Å². The van der Waals surface area contributed by atoms with Gasteiger partial charge < -0.3 is 4.74 Å². The van der Waals surface area contributed by atoms with Crippen molar-refractivity contribution in [2.45, 2.75) is 45.6 Å².